The van der Waals surface area contributed by atoms with Gasteiger partial charge in [-0.2, -0.15) is 5.10 Å². The molecule has 24 heavy (non-hydrogen) atoms. The number of pyridine rings is 1. The van der Waals surface area contributed by atoms with E-state index in [0.717, 1.165) is 21.6 Å². The van der Waals surface area contributed by atoms with Gasteiger partial charge in [0.2, 0.25) is 0 Å². The maximum atomic E-state index is 11.8. The normalized spacial score (nSPS) is 10.4. The van der Waals surface area contributed by atoms with Crippen molar-refractivity contribution >= 4 is 29.4 Å². The first-order chi connectivity index (χ1) is 11.7. The molecule has 122 valence electrons. The predicted octanol–water partition coefficient (Wildman–Crippen LogP) is 3.88. The summed E-state index contributed by atoms with van der Waals surface area (Å²) in [4.78, 5) is 16.9. The fourth-order valence-corrected chi connectivity index (χ4v) is 2.86. The minimum absolute atomic E-state index is 0.320. The second-order valence-electron chi connectivity index (χ2n) is 4.81. The fraction of sp³-hybridized carbons (Fsp3) is 0.118. The maximum Gasteiger partial charge on any atom is 0.338 e. The highest BCUT2D eigenvalue weighted by Crippen LogP contribution is 2.28. The van der Waals surface area contributed by atoms with Crippen LogP contribution in [0.5, 0.6) is 0 Å². The molecule has 0 radical (unpaired) electrons. The Hall–Kier alpha value is -2.80. The van der Waals surface area contributed by atoms with Gasteiger partial charge in [-0.1, -0.05) is 23.9 Å². The summed E-state index contributed by atoms with van der Waals surface area (Å²) in [7, 11) is 0. The molecule has 6 nitrogen and oxygen atoms in total. The number of benzene rings is 1. The van der Waals surface area contributed by atoms with Crippen molar-refractivity contribution in [2.24, 2.45) is 0 Å². The molecule has 0 spiro atoms. The summed E-state index contributed by atoms with van der Waals surface area (Å²) in [5.74, 6) is 1.17. The lowest BCUT2D eigenvalue weighted by Crippen LogP contribution is -2.04. The van der Waals surface area contributed by atoms with Crippen molar-refractivity contribution in [1.29, 1.82) is 0 Å². The Balaban J connectivity index is 1.68. The van der Waals surface area contributed by atoms with Gasteiger partial charge in [-0.25, -0.2) is 9.78 Å². The van der Waals surface area contributed by atoms with Crippen molar-refractivity contribution in [3.05, 3.63) is 60.3 Å². The van der Waals surface area contributed by atoms with Crippen LogP contribution in [0.1, 0.15) is 17.3 Å². The molecule has 0 fully saturated rings. The van der Waals surface area contributed by atoms with Crippen LogP contribution in [-0.2, 0) is 4.74 Å². The van der Waals surface area contributed by atoms with Crippen molar-refractivity contribution in [1.82, 2.24) is 15.2 Å². The molecule has 7 heteroatoms. The molecule has 3 rings (SSSR count). The van der Waals surface area contributed by atoms with Crippen LogP contribution in [0.3, 0.4) is 0 Å². The second-order valence-corrected chi connectivity index (χ2v) is 5.90. The van der Waals surface area contributed by atoms with E-state index in [1.54, 1.807) is 25.3 Å². The Morgan fingerprint density at radius 1 is 1.25 bits per heavy atom. The van der Waals surface area contributed by atoms with Gasteiger partial charge in [-0.3, -0.25) is 5.10 Å². The number of H-pyrrole nitrogens is 1. The van der Waals surface area contributed by atoms with E-state index in [-0.39, 0.29) is 5.97 Å². The van der Waals surface area contributed by atoms with Crippen LogP contribution in [0, 0.1) is 0 Å². The number of hydrogen-bond donors (Lipinski definition) is 2. The number of nitrogens with zero attached hydrogens (tertiary/aromatic N) is 2. The first-order valence-corrected chi connectivity index (χ1v) is 8.25. The minimum atomic E-state index is -0.320. The second kappa shape index (κ2) is 7.65. The van der Waals surface area contributed by atoms with Crippen LogP contribution in [0.25, 0.3) is 0 Å². The Morgan fingerprint density at radius 3 is 2.96 bits per heavy atom. The van der Waals surface area contributed by atoms with E-state index in [1.165, 1.54) is 11.8 Å². The summed E-state index contributed by atoms with van der Waals surface area (Å²) in [5, 5.41) is 11.1. The van der Waals surface area contributed by atoms with Crippen molar-refractivity contribution in [3.63, 3.8) is 0 Å². The largest absolute Gasteiger partial charge is 0.462 e. The average Bonchev–Trinajstić information content (AvgIpc) is 3.03. The summed E-state index contributed by atoms with van der Waals surface area (Å²) < 4.78 is 5.02. The number of hydrogen-bond acceptors (Lipinski definition) is 6. The lowest BCUT2D eigenvalue weighted by atomic mass is 10.2. The van der Waals surface area contributed by atoms with Crippen LogP contribution in [0.2, 0.25) is 0 Å². The monoisotopic (exact) mass is 340 g/mol. The average molecular weight is 340 g/mol. The zero-order valence-corrected chi connectivity index (χ0v) is 13.8. The fourth-order valence-electron chi connectivity index (χ4n) is 2.02. The van der Waals surface area contributed by atoms with Gasteiger partial charge < -0.3 is 10.1 Å². The smallest absolute Gasteiger partial charge is 0.338 e. The Morgan fingerprint density at radius 2 is 2.17 bits per heavy atom. The van der Waals surface area contributed by atoms with E-state index >= 15 is 0 Å². The van der Waals surface area contributed by atoms with Gasteiger partial charge in [-0.05, 0) is 37.3 Å². The molecule has 3 aromatic rings. The predicted molar refractivity (Wildman–Crippen MR) is 92.6 cm³/mol. The van der Waals surface area contributed by atoms with Gasteiger partial charge in [0, 0.05) is 17.2 Å². The van der Waals surface area contributed by atoms with Crippen LogP contribution < -0.4 is 5.32 Å². The molecule has 0 aliphatic carbocycles. The SMILES string of the molecule is CCOC(=O)c1cccc(Sc2cc(Nc3ccccn3)[nH]n2)c1. The van der Waals surface area contributed by atoms with Gasteiger partial charge in [0.05, 0.1) is 12.2 Å². The van der Waals surface area contributed by atoms with Crippen LogP contribution in [0.15, 0.2) is 64.6 Å². The molecular weight excluding hydrogens is 324 g/mol. The first-order valence-electron chi connectivity index (χ1n) is 7.43. The van der Waals surface area contributed by atoms with Crippen LogP contribution in [-0.4, -0.2) is 27.8 Å². The summed E-state index contributed by atoms with van der Waals surface area (Å²) in [5.41, 5.74) is 0.532. The van der Waals surface area contributed by atoms with Gasteiger partial charge in [0.25, 0.3) is 0 Å². The Labute approximate surface area is 143 Å². The Bertz CT molecular complexity index is 820. The number of anilines is 2. The molecule has 0 unspecified atom stereocenters. The molecular formula is C17H16N4O2S. The third-order valence-electron chi connectivity index (χ3n) is 3.05. The standard InChI is InChI=1S/C17H16N4O2S/c1-2-23-17(22)12-6-5-7-13(10-12)24-16-11-15(20-21-16)19-14-8-3-4-9-18-14/h3-11H,2H2,1H3,(H2,18,19,20,21). The topological polar surface area (TPSA) is 79.9 Å². The van der Waals surface area contributed by atoms with Crippen molar-refractivity contribution in [3.8, 4) is 0 Å². The van der Waals surface area contributed by atoms with Gasteiger partial charge in [0.1, 0.15) is 16.7 Å². The van der Waals surface area contributed by atoms with E-state index in [1.807, 2.05) is 36.4 Å². The summed E-state index contributed by atoms with van der Waals surface area (Å²) >= 11 is 1.46. The third-order valence-corrected chi connectivity index (χ3v) is 3.96. The molecule has 2 aromatic heterocycles. The van der Waals surface area contributed by atoms with Crippen molar-refractivity contribution in [2.45, 2.75) is 16.8 Å². The molecule has 0 aliphatic heterocycles. The number of carbonyl (C=O) groups is 1. The zero-order valence-electron chi connectivity index (χ0n) is 13.0. The number of esters is 1. The number of aromatic nitrogens is 3. The van der Waals surface area contributed by atoms with E-state index in [2.05, 4.69) is 20.5 Å². The van der Waals surface area contributed by atoms with Crippen molar-refractivity contribution in [2.75, 3.05) is 11.9 Å². The molecule has 2 N–H and O–H groups in total. The molecule has 0 saturated carbocycles. The highest BCUT2D eigenvalue weighted by atomic mass is 32.2. The highest BCUT2D eigenvalue weighted by Gasteiger charge is 2.09. The molecule has 0 bridgehead atoms. The minimum Gasteiger partial charge on any atom is -0.462 e. The summed E-state index contributed by atoms with van der Waals surface area (Å²) in [6.07, 6.45) is 1.72. The number of ether oxygens (including phenoxy) is 1. The first kappa shape index (κ1) is 16.1. The molecule has 0 amide bonds. The Kier molecular flexibility index (Phi) is 5.12. The van der Waals surface area contributed by atoms with Gasteiger partial charge in [0.15, 0.2) is 0 Å². The lowest BCUT2D eigenvalue weighted by molar-refractivity contribution is 0.0526. The highest BCUT2D eigenvalue weighted by molar-refractivity contribution is 7.99. The molecule has 1 aromatic carbocycles. The number of nitrogens with one attached hydrogen (secondary N) is 2. The van der Waals surface area contributed by atoms with E-state index in [4.69, 9.17) is 4.74 Å². The number of carbonyl (C=O) groups excluding carboxylic acids is 1. The van der Waals surface area contributed by atoms with E-state index in [9.17, 15) is 4.79 Å². The van der Waals surface area contributed by atoms with E-state index < -0.39 is 0 Å². The van der Waals surface area contributed by atoms with Crippen LogP contribution >= 0.6 is 11.8 Å². The van der Waals surface area contributed by atoms with Crippen LogP contribution in [0.4, 0.5) is 11.6 Å². The number of rotatable bonds is 6. The van der Waals surface area contributed by atoms with Gasteiger partial charge >= 0.3 is 5.97 Å². The lowest BCUT2D eigenvalue weighted by Gasteiger charge is -2.03. The quantitative estimate of drug-likeness (QED) is 0.663. The van der Waals surface area contributed by atoms with Crippen molar-refractivity contribution < 1.29 is 9.53 Å². The summed E-state index contributed by atoms with van der Waals surface area (Å²) in [6, 6.07) is 14.8. The van der Waals surface area contributed by atoms with Gasteiger partial charge in [-0.15, -0.1) is 0 Å². The molecule has 0 aliphatic rings. The zero-order chi connectivity index (χ0) is 16.8. The summed E-state index contributed by atoms with van der Waals surface area (Å²) in [6.45, 7) is 2.15. The maximum absolute atomic E-state index is 11.8. The molecule has 2 heterocycles. The third kappa shape index (κ3) is 4.14. The molecule has 0 atom stereocenters. The van der Waals surface area contributed by atoms with E-state index in [0.29, 0.717) is 12.2 Å². The number of aromatic amines is 1. The molecule has 0 saturated heterocycles.